The third-order valence-corrected chi connectivity index (χ3v) is 2.61. The van der Waals surface area contributed by atoms with Gasteiger partial charge >= 0.3 is 18.2 Å². The summed E-state index contributed by atoms with van der Waals surface area (Å²) >= 11 is 0. The van der Waals surface area contributed by atoms with Crippen molar-refractivity contribution in [2.24, 2.45) is 0 Å². The molecule has 0 saturated heterocycles. The van der Waals surface area contributed by atoms with E-state index >= 15 is 0 Å². The number of ether oxygens (including phenoxy) is 1. The average molecular weight is 334 g/mol. The molecule has 0 radical (unpaired) electrons. The van der Waals surface area contributed by atoms with Gasteiger partial charge in [0.1, 0.15) is 5.75 Å². The monoisotopic (exact) mass is 334 g/mol. The quantitative estimate of drug-likeness (QED) is 0.637. The van der Waals surface area contributed by atoms with Crippen LogP contribution in [0.2, 0.25) is 0 Å². The van der Waals surface area contributed by atoms with Crippen molar-refractivity contribution in [3.8, 4) is 5.75 Å². The summed E-state index contributed by atoms with van der Waals surface area (Å²) in [4.78, 5) is 21.7. The number of carboxylic acid groups (broad SMARTS) is 1. The van der Waals surface area contributed by atoms with E-state index in [0.717, 1.165) is 0 Å². The van der Waals surface area contributed by atoms with E-state index in [0.29, 0.717) is 12.0 Å². The van der Waals surface area contributed by atoms with Crippen molar-refractivity contribution in [1.82, 2.24) is 10.6 Å². The Morgan fingerprint density at radius 2 is 1.96 bits per heavy atom. The first-order valence-corrected chi connectivity index (χ1v) is 6.78. The molecule has 9 heteroatoms. The van der Waals surface area contributed by atoms with E-state index in [9.17, 15) is 22.8 Å². The number of carbonyl (C=O) groups excluding carboxylic acids is 1. The summed E-state index contributed by atoms with van der Waals surface area (Å²) in [6, 6.07) is 5.45. The smallest absolute Gasteiger partial charge is 0.422 e. The van der Waals surface area contributed by atoms with Crippen LogP contribution in [0.25, 0.3) is 0 Å². The molecule has 0 aliphatic heterocycles. The van der Waals surface area contributed by atoms with Crippen LogP contribution in [0.1, 0.15) is 18.4 Å². The largest absolute Gasteiger partial charge is 0.484 e. The normalized spacial score (nSPS) is 10.9. The van der Waals surface area contributed by atoms with Crippen LogP contribution in [0.3, 0.4) is 0 Å². The van der Waals surface area contributed by atoms with E-state index in [1.807, 2.05) is 0 Å². The van der Waals surface area contributed by atoms with Crippen LogP contribution in [0.5, 0.6) is 5.75 Å². The van der Waals surface area contributed by atoms with Gasteiger partial charge in [0.15, 0.2) is 6.61 Å². The van der Waals surface area contributed by atoms with Crippen molar-refractivity contribution < 1.29 is 32.6 Å². The first kappa shape index (κ1) is 18.6. The molecule has 0 aromatic heterocycles. The van der Waals surface area contributed by atoms with E-state index in [4.69, 9.17) is 5.11 Å². The van der Waals surface area contributed by atoms with Gasteiger partial charge in [-0.3, -0.25) is 4.79 Å². The zero-order valence-electron chi connectivity index (χ0n) is 12.2. The van der Waals surface area contributed by atoms with Gasteiger partial charge in [-0.2, -0.15) is 13.2 Å². The maximum Gasteiger partial charge on any atom is 0.422 e. The lowest BCUT2D eigenvalue weighted by atomic mass is 10.2. The van der Waals surface area contributed by atoms with Gasteiger partial charge in [0, 0.05) is 19.5 Å². The molecular formula is C14H17F3N2O4. The number of rotatable bonds is 8. The Morgan fingerprint density at radius 3 is 2.61 bits per heavy atom. The molecule has 0 fully saturated rings. The van der Waals surface area contributed by atoms with Crippen molar-refractivity contribution in [3.63, 3.8) is 0 Å². The van der Waals surface area contributed by atoms with Gasteiger partial charge in [-0.05, 0) is 24.1 Å². The van der Waals surface area contributed by atoms with E-state index in [-0.39, 0.29) is 25.3 Å². The SMILES string of the molecule is O=C(O)CCCNC(=O)NCc1cccc(OCC(F)(F)F)c1. The molecule has 0 aliphatic rings. The molecule has 0 atom stereocenters. The Hall–Kier alpha value is -2.45. The lowest BCUT2D eigenvalue weighted by molar-refractivity contribution is -0.153. The van der Waals surface area contributed by atoms with Gasteiger partial charge in [0.05, 0.1) is 0 Å². The fourth-order valence-corrected chi connectivity index (χ4v) is 1.60. The summed E-state index contributed by atoms with van der Waals surface area (Å²) in [5, 5.41) is 13.4. The average Bonchev–Trinajstić information content (AvgIpc) is 2.47. The maximum absolute atomic E-state index is 12.1. The number of aliphatic carboxylic acids is 1. The molecule has 0 heterocycles. The van der Waals surface area contributed by atoms with Gasteiger partial charge in [-0.1, -0.05) is 12.1 Å². The Balaban J connectivity index is 2.34. The minimum Gasteiger partial charge on any atom is -0.484 e. The predicted molar refractivity (Wildman–Crippen MR) is 75.1 cm³/mol. The molecule has 0 aliphatic carbocycles. The molecule has 2 amide bonds. The van der Waals surface area contributed by atoms with Crippen LogP contribution >= 0.6 is 0 Å². The maximum atomic E-state index is 12.1. The number of halogens is 3. The first-order valence-electron chi connectivity index (χ1n) is 6.78. The molecule has 6 nitrogen and oxygen atoms in total. The number of hydrogen-bond donors (Lipinski definition) is 3. The second-order valence-electron chi connectivity index (χ2n) is 4.66. The van der Waals surface area contributed by atoms with E-state index in [2.05, 4.69) is 15.4 Å². The summed E-state index contributed by atoms with van der Waals surface area (Å²) in [5.74, 6) is -0.883. The molecule has 3 N–H and O–H groups in total. The summed E-state index contributed by atoms with van der Waals surface area (Å²) in [7, 11) is 0. The number of urea groups is 1. The molecule has 0 saturated carbocycles. The lowest BCUT2D eigenvalue weighted by Gasteiger charge is -2.11. The molecule has 128 valence electrons. The van der Waals surface area contributed by atoms with E-state index < -0.39 is 24.8 Å². The van der Waals surface area contributed by atoms with Crippen molar-refractivity contribution in [3.05, 3.63) is 29.8 Å². The molecule has 0 unspecified atom stereocenters. The Labute approximate surface area is 130 Å². The third-order valence-electron chi connectivity index (χ3n) is 2.61. The van der Waals surface area contributed by atoms with Crippen LogP contribution in [0.4, 0.5) is 18.0 Å². The second kappa shape index (κ2) is 8.86. The van der Waals surface area contributed by atoms with Crippen LogP contribution in [0, 0.1) is 0 Å². The van der Waals surface area contributed by atoms with Crippen molar-refractivity contribution >= 4 is 12.0 Å². The topological polar surface area (TPSA) is 87.7 Å². The Bertz CT molecular complexity index is 535. The zero-order valence-corrected chi connectivity index (χ0v) is 12.2. The number of alkyl halides is 3. The summed E-state index contributed by atoms with van der Waals surface area (Å²) in [6.07, 6.45) is -4.15. The van der Waals surface area contributed by atoms with E-state index in [1.54, 1.807) is 6.07 Å². The number of benzene rings is 1. The minimum atomic E-state index is -4.41. The summed E-state index contributed by atoms with van der Waals surface area (Å²) in [5.41, 5.74) is 0.574. The first-order chi connectivity index (χ1) is 10.8. The van der Waals surface area contributed by atoms with Crippen molar-refractivity contribution in [2.45, 2.75) is 25.6 Å². The highest BCUT2D eigenvalue weighted by atomic mass is 19.4. The summed E-state index contributed by atoms with van der Waals surface area (Å²) in [6.45, 7) is -1.06. The number of nitrogens with one attached hydrogen (secondary N) is 2. The van der Waals surface area contributed by atoms with Gasteiger partial charge < -0.3 is 20.5 Å². The van der Waals surface area contributed by atoms with Crippen molar-refractivity contribution in [2.75, 3.05) is 13.2 Å². The predicted octanol–water partition coefficient (Wildman–Crippen LogP) is 2.29. The fourth-order valence-electron chi connectivity index (χ4n) is 1.60. The highest BCUT2D eigenvalue weighted by Crippen LogP contribution is 2.19. The number of carbonyl (C=O) groups is 2. The lowest BCUT2D eigenvalue weighted by Crippen LogP contribution is -2.35. The molecule has 0 spiro atoms. The minimum absolute atomic E-state index is 0.0428. The molecular weight excluding hydrogens is 317 g/mol. The van der Waals surface area contributed by atoms with Crippen LogP contribution in [0.15, 0.2) is 24.3 Å². The third kappa shape index (κ3) is 9.22. The highest BCUT2D eigenvalue weighted by molar-refractivity contribution is 5.73. The van der Waals surface area contributed by atoms with Gasteiger partial charge in [-0.15, -0.1) is 0 Å². The number of amides is 2. The van der Waals surface area contributed by atoms with Crippen LogP contribution in [-0.2, 0) is 11.3 Å². The van der Waals surface area contributed by atoms with Crippen LogP contribution < -0.4 is 15.4 Å². The molecule has 1 aromatic carbocycles. The molecule has 1 rings (SSSR count). The number of carboxylic acids is 1. The zero-order chi connectivity index (χ0) is 17.3. The fraction of sp³-hybridized carbons (Fsp3) is 0.429. The molecule has 1 aromatic rings. The molecule has 23 heavy (non-hydrogen) atoms. The summed E-state index contributed by atoms with van der Waals surface area (Å²) < 4.78 is 40.8. The van der Waals surface area contributed by atoms with Crippen LogP contribution in [-0.4, -0.2) is 36.4 Å². The Morgan fingerprint density at radius 1 is 1.22 bits per heavy atom. The standard InChI is InChI=1S/C14H17F3N2O4/c15-14(16,17)9-23-11-4-1-3-10(7-11)8-19-13(22)18-6-2-5-12(20)21/h1,3-4,7H,2,5-6,8-9H2,(H,20,21)(H2,18,19,22). The van der Waals surface area contributed by atoms with Gasteiger partial charge in [-0.25, -0.2) is 4.79 Å². The second-order valence-corrected chi connectivity index (χ2v) is 4.66. The van der Waals surface area contributed by atoms with Gasteiger partial charge in [0.2, 0.25) is 0 Å². The Kier molecular flexibility index (Phi) is 7.17. The van der Waals surface area contributed by atoms with E-state index in [1.165, 1.54) is 18.2 Å². The van der Waals surface area contributed by atoms with Gasteiger partial charge in [0.25, 0.3) is 0 Å². The number of hydrogen-bond acceptors (Lipinski definition) is 3. The highest BCUT2D eigenvalue weighted by Gasteiger charge is 2.28. The molecule has 0 bridgehead atoms. The van der Waals surface area contributed by atoms with Crippen molar-refractivity contribution in [1.29, 1.82) is 0 Å².